The molecular weight excluding hydrogens is 366 g/mol. The number of aryl methyl sites for hydroxylation is 1. The van der Waals surface area contributed by atoms with Gasteiger partial charge in [-0.15, -0.1) is 0 Å². The third-order valence-corrected chi connectivity index (χ3v) is 6.05. The van der Waals surface area contributed by atoms with Crippen molar-refractivity contribution in [3.05, 3.63) is 30.0 Å². The molecule has 2 N–H and O–H groups in total. The van der Waals surface area contributed by atoms with Crippen LogP contribution < -0.4 is 20.1 Å². The Hall–Kier alpha value is -2.54. The van der Waals surface area contributed by atoms with Crippen LogP contribution in [0, 0.1) is 12.3 Å². The standard InChI is InChI=1S/C22H31N5O2/c1-16-13-20(23)25-21(24-16)26(2)17-5-6-18(28-3)19(14-17)29-12-4-10-27-11-9-22(15-27)7-8-22/h5-6,13-14H,4,7-12,15H2,1-3H3,(H2,23,24,25). The Kier molecular flexibility index (Phi) is 5.50. The number of nitrogen functional groups attached to an aromatic ring is 1. The molecular formula is C22H31N5O2. The van der Waals surface area contributed by atoms with Gasteiger partial charge in [-0.3, -0.25) is 0 Å². The molecule has 1 aromatic heterocycles. The first-order chi connectivity index (χ1) is 14.0. The molecule has 1 aromatic carbocycles. The van der Waals surface area contributed by atoms with Crippen molar-refractivity contribution in [3.63, 3.8) is 0 Å². The minimum atomic E-state index is 0.458. The molecule has 1 saturated carbocycles. The largest absolute Gasteiger partial charge is 0.493 e. The van der Waals surface area contributed by atoms with E-state index >= 15 is 0 Å². The molecule has 7 nitrogen and oxygen atoms in total. The fourth-order valence-corrected chi connectivity index (χ4v) is 4.10. The van der Waals surface area contributed by atoms with E-state index in [0.29, 0.717) is 23.8 Å². The van der Waals surface area contributed by atoms with Crippen LogP contribution in [0.2, 0.25) is 0 Å². The highest BCUT2D eigenvalue weighted by Crippen LogP contribution is 2.52. The number of rotatable bonds is 8. The number of nitrogens with zero attached hydrogens (tertiary/aromatic N) is 4. The molecule has 1 saturated heterocycles. The molecule has 2 fully saturated rings. The first kappa shape index (κ1) is 19.8. The minimum absolute atomic E-state index is 0.458. The summed E-state index contributed by atoms with van der Waals surface area (Å²) in [4.78, 5) is 13.3. The van der Waals surface area contributed by atoms with Gasteiger partial charge in [-0.05, 0) is 56.7 Å². The molecule has 1 spiro atoms. The minimum Gasteiger partial charge on any atom is -0.493 e. The number of methoxy groups -OCH3 is 1. The van der Waals surface area contributed by atoms with Gasteiger partial charge >= 0.3 is 0 Å². The first-order valence-corrected chi connectivity index (χ1v) is 10.4. The van der Waals surface area contributed by atoms with Gasteiger partial charge in [0.25, 0.3) is 0 Å². The first-order valence-electron chi connectivity index (χ1n) is 10.4. The quantitative estimate of drug-likeness (QED) is 0.684. The maximum Gasteiger partial charge on any atom is 0.231 e. The SMILES string of the molecule is COc1ccc(N(C)c2nc(C)cc(N)n2)cc1OCCCN1CCC2(CC2)C1. The Morgan fingerprint density at radius 1 is 1.17 bits per heavy atom. The number of nitrogens with two attached hydrogens (primary N) is 1. The highest BCUT2D eigenvalue weighted by Gasteiger charge is 2.47. The molecule has 1 aliphatic heterocycles. The maximum atomic E-state index is 6.09. The zero-order valence-electron chi connectivity index (χ0n) is 17.6. The van der Waals surface area contributed by atoms with Gasteiger partial charge in [0.15, 0.2) is 11.5 Å². The molecule has 0 bridgehead atoms. The van der Waals surface area contributed by atoms with Gasteiger partial charge in [0.1, 0.15) is 5.82 Å². The van der Waals surface area contributed by atoms with Crippen LogP contribution in [0.3, 0.4) is 0 Å². The molecule has 156 valence electrons. The van der Waals surface area contributed by atoms with Crippen LogP contribution in [0.5, 0.6) is 11.5 Å². The summed E-state index contributed by atoms with van der Waals surface area (Å²) >= 11 is 0. The Labute approximate surface area is 172 Å². The van der Waals surface area contributed by atoms with E-state index in [9.17, 15) is 0 Å². The summed E-state index contributed by atoms with van der Waals surface area (Å²) in [5.74, 6) is 2.48. The normalized spacial score (nSPS) is 17.5. The summed E-state index contributed by atoms with van der Waals surface area (Å²) in [6, 6.07) is 7.60. The van der Waals surface area contributed by atoms with Crippen LogP contribution in [0.4, 0.5) is 17.5 Å². The monoisotopic (exact) mass is 397 g/mol. The van der Waals surface area contributed by atoms with Gasteiger partial charge in [-0.2, -0.15) is 4.98 Å². The van der Waals surface area contributed by atoms with E-state index in [-0.39, 0.29) is 0 Å². The molecule has 2 heterocycles. The van der Waals surface area contributed by atoms with Gasteiger partial charge in [0.05, 0.1) is 13.7 Å². The average Bonchev–Trinajstić information content (AvgIpc) is 3.34. The number of aromatic nitrogens is 2. The molecule has 2 aliphatic rings. The number of hydrogen-bond acceptors (Lipinski definition) is 7. The molecule has 4 rings (SSSR count). The zero-order chi connectivity index (χ0) is 20.4. The highest BCUT2D eigenvalue weighted by molar-refractivity contribution is 5.62. The Balaban J connectivity index is 1.38. The van der Waals surface area contributed by atoms with E-state index in [1.807, 2.05) is 37.1 Å². The van der Waals surface area contributed by atoms with Crippen molar-refractivity contribution in [2.75, 3.05) is 51.0 Å². The molecule has 0 atom stereocenters. The summed E-state index contributed by atoms with van der Waals surface area (Å²) in [6.07, 6.45) is 5.24. The fraction of sp³-hybridized carbons (Fsp3) is 0.545. The van der Waals surface area contributed by atoms with Crippen molar-refractivity contribution in [2.45, 2.75) is 32.6 Å². The van der Waals surface area contributed by atoms with Gasteiger partial charge in [-0.1, -0.05) is 0 Å². The van der Waals surface area contributed by atoms with Crippen molar-refractivity contribution in [1.82, 2.24) is 14.9 Å². The summed E-state index contributed by atoms with van der Waals surface area (Å²) in [5.41, 5.74) is 8.31. The Morgan fingerprint density at radius 2 is 2.00 bits per heavy atom. The van der Waals surface area contributed by atoms with Crippen molar-refractivity contribution in [1.29, 1.82) is 0 Å². The van der Waals surface area contributed by atoms with Crippen LogP contribution >= 0.6 is 0 Å². The lowest BCUT2D eigenvalue weighted by atomic mass is 10.1. The van der Waals surface area contributed by atoms with Crippen LogP contribution in [0.25, 0.3) is 0 Å². The topological polar surface area (TPSA) is 76.7 Å². The van der Waals surface area contributed by atoms with Crippen molar-refractivity contribution in [2.24, 2.45) is 5.41 Å². The van der Waals surface area contributed by atoms with Crippen LogP contribution in [-0.2, 0) is 0 Å². The number of likely N-dealkylation sites (tertiary alicyclic amines) is 1. The third-order valence-electron chi connectivity index (χ3n) is 6.05. The maximum absolute atomic E-state index is 6.09. The lowest BCUT2D eigenvalue weighted by molar-refractivity contribution is 0.249. The summed E-state index contributed by atoms with van der Waals surface area (Å²) in [6.45, 7) is 6.18. The van der Waals surface area contributed by atoms with Crippen LogP contribution in [0.15, 0.2) is 24.3 Å². The summed E-state index contributed by atoms with van der Waals surface area (Å²) in [7, 11) is 3.58. The zero-order valence-corrected chi connectivity index (χ0v) is 17.6. The second kappa shape index (κ2) is 8.06. The molecule has 1 aliphatic carbocycles. The van der Waals surface area contributed by atoms with Gasteiger partial charge in [0.2, 0.25) is 5.95 Å². The number of anilines is 3. The third kappa shape index (κ3) is 4.56. The second-order valence-electron chi connectivity index (χ2n) is 8.36. The van der Waals surface area contributed by atoms with E-state index in [0.717, 1.165) is 35.8 Å². The predicted molar refractivity (Wildman–Crippen MR) is 115 cm³/mol. The van der Waals surface area contributed by atoms with E-state index < -0.39 is 0 Å². The molecule has 2 aromatic rings. The van der Waals surface area contributed by atoms with E-state index in [2.05, 4.69) is 14.9 Å². The van der Waals surface area contributed by atoms with Crippen molar-refractivity contribution >= 4 is 17.5 Å². The predicted octanol–water partition coefficient (Wildman–Crippen LogP) is 3.40. The molecule has 0 radical (unpaired) electrons. The molecule has 7 heteroatoms. The Morgan fingerprint density at radius 3 is 2.69 bits per heavy atom. The van der Waals surface area contributed by atoms with Crippen LogP contribution in [-0.4, -0.2) is 55.3 Å². The summed E-state index contributed by atoms with van der Waals surface area (Å²) in [5, 5.41) is 0. The molecule has 0 unspecified atom stereocenters. The lowest BCUT2D eigenvalue weighted by Crippen LogP contribution is -2.23. The fourth-order valence-electron chi connectivity index (χ4n) is 4.10. The lowest BCUT2D eigenvalue weighted by Gasteiger charge is -2.20. The van der Waals surface area contributed by atoms with Crippen LogP contribution in [0.1, 0.15) is 31.4 Å². The molecule has 0 amide bonds. The van der Waals surface area contributed by atoms with E-state index in [4.69, 9.17) is 15.2 Å². The summed E-state index contributed by atoms with van der Waals surface area (Å²) < 4.78 is 11.6. The van der Waals surface area contributed by atoms with E-state index in [1.165, 1.54) is 32.4 Å². The second-order valence-corrected chi connectivity index (χ2v) is 8.36. The van der Waals surface area contributed by atoms with Crippen molar-refractivity contribution in [3.8, 4) is 11.5 Å². The van der Waals surface area contributed by atoms with Gasteiger partial charge in [0, 0.05) is 43.7 Å². The number of benzene rings is 1. The molecule has 29 heavy (non-hydrogen) atoms. The van der Waals surface area contributed by atoms with Gasteiger partial charge < -0.3 is 25.0 Å². The number of ether oxygens (including phenoxy) is 2. The number of hydrogen-bond donors (Lipinski definition) is 1. The van der Waals surface area contributed by atoms with Gasteiger partial charge in [-0.25, -0.2) is 4.98 Å². The highest BCUT2D eigenvalue weighted by atomic mass is 16.5. The average molecular weight is 398 g/mol. The smallest absolute Gasteiger partial charge is 0.231 e. The van der Waals surface area contributed by atoms with Crippen molar-refractivity contribution < 1.29 is 9.47 Å². The van der Waals surface area contributed by atoms with E-state index in [1.54, 1.807) is 13.2 Å². The Bertz CT molecular complexity index is 848.